The monoisotopic (exact) mass is 321 g/mol. The molecule has 118 valence electrons. The van der Waals surface area contributed by atoms with Gasteiger partial charge < -0.3 is 10.1 Å². The number of carbonyl (C=O) groups excluding carboxylic acids is 1. The van der Waals surface area contributed by atoms with Gasteiger partial charge in [0, 0.05) is 18.7 Å². The van der Waals surface area contributed by atoms with Crippen molar-refractivity contribution < 1.29 is 9.53 Å². The molecule has 3 heterocycles. The molecule has 1 aliphatic carbocycles. The highest BCUT2D eigenvalue weighted by Crippen LogP contribution is 2.42. The highest BCUT2D eigenvalue weighted by molar-refractivity contribution is 6.30. The van der Waals surface area contributed by atoms with Gasteiger partial charge >= 0.3 is 0 Å². The van der Waals surface area contributed by atoms with Crippen LogP contribution in [-0.2, 0) is 4.74 Å². The number of pyridine rings is 1. The quantitative estimate of drug-likeness (QED) is 0.921. The molecule has 4 atom stereocenters. The van der Waals surface area contributed by atoms with E-state index in [1.165, 1.54) is 19.0 Å². The molecule has 1 saturated carbocycles. The molecule has 6 heteroatoms. The van der Waals surface area contributed by atoms with Crippen molar-refractivity contribution in [3.05, 3.63) is 29.0 Å². The lowest BCUT2D eigenvalue weighted by atomic mass is 9.70. The Kier molecular flexibility index (Phi) is 3.80. The van der Waals surface area contributed by atoms with Crippen molar-refractivity contribution in [2.45, 2.75) is 37.5 Å². The molecule has 1 amide bonds. The van der Waals surface area contributed by atoms with E-state index in [4.69, 9.17) is 16.3 Å². The Labute approximate surface area is 135 Å². The van der Waals surface area contributed by atoms with Gasteiger partial charge in [-0.05, 0) is 44.5 Å². The Morgan fingerprint density at radius 1 is 1.36 bits per heavy atom. The highest BCUT2D eigenvalue weighted by Gasteiger charge is 2.56. The summed E-state index contributed by atoms with van der Waals surface area (Å²) >= 11 is 5.83. The molecule has 2 saturated heterocycles. The summed E-state index contributed by atoms with van der Waals surface area (Å²) in [5.41, 5.74) is 0.423. The second kappa shape index (κ2) is 5.80. The van der Waals surface area contributed by atoms with E-state index >= 15 is 0 Å². The first-order valence-electron chi connectivity index (χ1n) is 8.02. The zero-order chi connectivity index (χ0) is 15.1. The van der Waals surface area contributed by atoms with Gasteiger partial charge in [-0.1, -0.05) is 11.6 Å². The molecular weight excluding hydrogens is 302 g/mol. The largest absolute Gasteiger partial charge is 0.376 e. The minimum Gasteiger partial charge on any atom is -0.376 e. The zero-order valence-corrected chi connectivity index (χ0v) is 13.1. The van der Waals surface area contributed by atoms with Crippen molar-refractivity contribution in [1.29, 1.82) is 0 Å². The number of rotatable bonds is 3. The van der Waals surface area contributed by atoms with Gasteiger partial charge in [0.2, 0.25) is 0 Å². The second-order valence-corrected chi connectivity index (χ2v) is 6.82. The Morgan fingerprint density at radius 2 is 2.18 bits per heavy atom. The lowest BCUT2D eigenvalue weighted by Gasteiger charge is -2.51. The van der Waals surface area contributed by atoms with E-state index in [-0.39, 0.29) is 11.9 Å². The predicted octanol–water partition coefficient (Wildman–Crippen LogP) is 1.72. The van der Waals surface area contributed by atoms with E-state index in [0.717, 1.165) is 26.1 Å². The molecule has 0 aromatic carbocycles. The van der Waals surface area contributed by atoms with E-state index < -0.39 is 0 Å². The summed E-state index contributed by atoms with van der Waals surface area (Å²) in [5, 5.41) is 3.73. The van der Waals surface area contributed by atoms with Crippen LogP contribution in [0.1, 0.15) is 29.8 Å². The van der Waals surface area contributed by atoms with Crippen LogP contribution in [0.4, 0.5) is 0 Å². The van der Waals surface area contributed by atoms with Gasteiger partial charge in [0.15, 0.2) is 0 Å². The van der Waals surface area contributed by atoms with Crippen LogP contribution in [-0.4, -0.2) is 53.7 Å². The molecule has 5 nitrogen and oxygen atoms in total. The molecule has 1 N–H and O–H groups in total. The van der Waals surface area contributed by atoms with Crippen molar-refractivity contribution >= 4 is 17.5 Å². The number of carbonyl (C=O) groups is 1. The Bertz CT molecular complexity index is 554. The molecule has 1 aromatic heterocycles. The van der Waals surface area contributed by atoms with Crippen molar-refractivity contribution in [1.82, 2.24) is 15.2 Å². The minimum absolute atomic E-state index is 0.115. The standard InChI is InChI=1S/C16H20ClN3O2/c17-10-3-4-12(18-9-10)16(21)19-13-11-5-8-22-15(11)14(13)20-6-1-2-7-20/h3-4,9,11,13-15H,1-2,5-8H2,(H,19,21)/t11-,13+,14-,15-/m1/s1. The number of nitrogens with zero attached hydrogens (tertiary/aromatic N) is 2. The van der Waals surface area contributed by atoms with Gasteiger partial charge in [-0.15, -0.1) is 0 Å². The molecule has 0 unspecified atom stereocenters. The number of hydrogen-bond donors (Lipinski definition) is 1. The number of fused-ring (bicyclic) bond motifs is 1. The maximum Gasteiger partial charge on any atom is 0.270 e. The summed E-state index contributed by atoms with van der Waals surface area (Å²) in [7, 11) is 0. The van der Waals surface area contributed by atoms with E-state index in [0.29, 0.717) is 28.8 Å². The van der Waals surface area contributed by atoms with Crippen LogP contribution >= 0.6 is 11.6 Å². The van der Waals surface area contributed by atoms with Crippen molar-refractivity contribution in [3.8, 4) is 0 Å². The topological polar surface area (TPSA) is 54.5 Å². The van der Waals surface area contributed by atoms with Gasteiger partial charge in [0.05, 0.1) is 23.2 Å². The highest BCUT2D eigenvalue weighted by atomic mass is 35.5. The summed E-state index contributed by atoms with van der Waals surface area (Å²) in [6, 6.07) is 3.87. The molecule has 0 radical (unpaired) electrons. The molecule has 0 spiro atoms. The van der Waals surface area contributed by atoms with Crippen LogP contribution in [0.15, 0.2) is 18.3 Å². The van der Waals surface area contributed by atoms with Crippen LogP contribution in [0.25, 0.3) is 0 Å². The van der Waals surface area contributed by atoms with Gasteiger partial charge in [-0.2, -0.15) is 0 Å². The molecule has 3 fully saturated rings. The normalized spacial score (nSPS) is 34.2. The Hall–Kier alpha value is -1.17. The van der Waals surface area contributed by atoms with E-state index in [1.54, 1.807) is 12.1 Å². The molecule has 22 heavy (non-hydrogen) atoms. The van der Waals surface area contributed by atoms with Crippen molar-refractivity contribution in [2.24, 2.45) is 5.92 Å². The predicted molar refractivity (Wildman–Crippen MR) is 82.9 cm³/mol. The summed E-state index contributed by atoms with van der Waals surface area (Å²) in [4.78, 5) is 19.0. The summed E-state index contributed by atoms with van der Waals surface area (Å²) in [6.45, 7) is 3.04. The fourth-order valence-corrected chi connectivity index (χ4v) is 4.19. The third-order valence-electron chi connectivity index (χ3n) is 5.17. The Balaban J connectivity index is 1.48. The lowest BCUT2D eigenvalue weighted by Crippen LogP contribution is -2.70. The molecule has 3 aliphatic rings. The second-order valence-electron chi connectivity index (χ2n) is 6.38. The van der Waals surface area contributed by atoms with Crippen molar-refractivity contribution in [3.63, 3.8) is 0 Å². The minimum atomic E-state index is -0.115. The van der Waals surface area contributed by atoms with E-state index in [1.807, 2.05) is 0 Å². The summed E-state index contributed by atoms with van der Waals surface area (Å²) < 4.78 is 5.88. The number of halogens is 1. The number of hydrogen-bond acceptors (Lipinski definition) is 4. The smallest absolute Gasteiger partial charge is 0.270 e. The molecular formula is C16H20ClN3O2. The zero-order valence-electron chi connectivity index (χ0n) is 12.4. The average molecular weight is 322 g/mol. The van der Waals surface area contributed by atoms with Gasteiger partial charge in [-0.25, -0.2) is 4.98 Å². The third kappa shape index (κ3) is 2.41. The first kappa shape index (κ1) is 14.4. The number of nitrogens with one attached hydrogen (secondary N) is 1. The summed E-state index contributed by atoms with van der Waals surface area (Å²) in [6.07, 6.45) is 5.33. The first-order valence-corrected chi connectivity index (χ1v) is 8.40. The van der Waals surface area contributed by atoms with Gasteiger partial charge in [0.1, 0.15) is 5.69 Å². The molecule has 0 bridgehead atoms. The van der Waals surface area contributed by atoms with Crippen LogP contribution in [0.3, 0.4) is 0 Å². The van der Waals surface area contributed by atoms with Gasteiger partial charge in [0.25, 0.3) is 5.91 Å². The van der Waals surface area contributed by atoms with Crippen LogP contribution in [0.5, 0.6) is 0 Å². The molecule has 4 rings (SSSR count). The third-order valence-corrected chi connectivity index (χ3v) is 5.39. The number of ether oxygens (including phenoxy) is 1. The Morgan fingerprint density at radius 3 is 2.91 bits per heavy atom. The van der Waals surface area contributed by atoms with E-state index in [2.05, 4.69) is 15.2 Å². The van der Waals surface area contributed by atoms with Crippen LogP contribution in [0.2, 0.25) is 5.02 Å². The number of amides is 1. The maximum atomic E-state index is 12.4. The fraction of sp³-hybridized carbons (Fsp3) is 0.625. The maximum absolute atomic E-state index is 12.4. The van der Waals surface area contributed by atoms with Crippen LogP contribution in [0, 0.1) is 5.92 Å². The number of aromatic nitrogens is 1. The average Bonchev–Trinajstić information content (AvgIpc) is 3.16. The number of likely N-dealkylation sites (tertiary alicyclic amines) is 1. The van der Waals surface area contributed by atoms with Crippen molar-refractivity contribution in [2.75, 3.05) is 19.7 Å². The summed E-state index contributed by atoms with van der Waals surface area (Å²) in [5.74, 6) is 0.332. The van der Waals surface area contributed by atoms with Gasteiger partial charge in [-0.3, -0.25) is 9.69 Å². The van der Waals surface area contributed by atoms with Crippen LogP contribution < -0.4 is 5.32 Å². The fourth-order valence-electron chi connectivity index (χ4n) is 4.08. The SMILES string of the molecule is O=C(N[C@H]1[C@H]2CCO[C@H]2[C@@H]1N1CCCC1)c1ccc(Cl)cn1. The first-order chi connectivity index (χ1) is 10.7. The van der Waals surface area contributed by atoms with E-state index in [9.17, 15) is 4.79 Å². The lowest BCUT2D eigenvalue weighted by molar-refractivity contribution is -0.0747. The molecule has 2 aliphatic heterocycles. The molecule has 1 aromatic rings.